The van der Waals surface area contributed by atoms with Crippen LogP contribution in [-0.4, -0.2) is 10.8 Å². The molecule has 5 nitrogen and oxygen atoms in total. The van der Waals surface area contributed by atoms with Crippen LogP contribution in [0.2, 0.25) is 0 Å². The van der Waals surface area contributed by atoms with Crippen LogP contribution in [0.3, 0.4) is 0 Å². The van der Waals surface area contributed by atoms with Gasteiger partial charge in [-0.2, -0.15) is 4.39 Å². The second-order valence-corrected chi connectivity index (χ2v) is 6.48. The summed E-state index contributed by atoms with van der Waals surface area (Å²) in [6, 6.07) is 4.59. The molecule has 0 unspecified atom stereocenters. The molecule has 9 heteroatoms. The Hall–Kier alpha value is -1.87. The average Bonchev–Trinajstić information content (AvgIpc) is 2.83. The van der Waals surface area contributed by atoms with Crippen molar-refractivity contribution in [3.63, 3.8) is 0 Å². The van der Waals surface area contributed by atoms with Crippen LogP contribution in [0, 0.1) is 21.7 Å². The van der Waals surface area contributed by atoms with E-state index in [9.17, 15) is 23.7 Å². The van der Waals surface area contributed by atoms with E-state index in [1.54, 1.807) is 12.1 Å². The van der Waals surface area contributed by atoms with Crippen LogP contribution in [0.4, 0.5) is 14.5 Å². The van der Waals surface area contributed by atoms with Gasteiger partial charge in [0, 0.05) is 4.88 Å². The van der Waals surface area contributed by atoms with Gasteiger partial charge in [-0.25, -0.2) is 4.39 Å². The molecule has 0 aliphatic rings. The summed E-state index contributed by atoms with van der Waals surface area (Å²) < 4.78 is 27.9. The molecule has 0 aliphatic heterocycles. The Bertz CT molecular complexity index is 721. The third kappa shape index (κ3) is 3.61. The Balaban J connectivity index is 2.21. The maximum atomic E-state index is 13.8. The Labute approximate surface area is 129 Å². The molecule has 21 heavy (non-hydrogen) atoms. The summed E-state index contributed by atoms with van der Waals surface area (Å²) in [5, 5.41) is 13.0. The fourth-order valence-electron chi connectivity index (χ4n) is 1.58. The van der Waals surface area contributed by atoms with Gasteiger partial charge in [0.25, 0.3) is 5.91 Å². The van der Waals surface area contributed by atoms with E-state index in [4.69, 9.17) is 0 Å². The molecule has 1 aromatic carbocycles. The molecule has 0 spiro atoms. The molecular formula is C12H7BrF2N2O3S. The highest BCUT2D eigenvalue weighted by Gasteiger charge is 2.24. The summed E-state index contributed by atoms with van der Waals surface area (Å²) >= 11 is 4.62. The number of amides is 1. The quantitative estimate of drug-likeness (QED) is 0.654. The van der Waals surface area contributed by atoms with E-state index in [2.05, 4.69) is 21.2 Å². The number of nitro benzene ring substituents is 1. The first-order valence-electron chi connectivity index (χ1n) is 5.54. The number of hydrogen-bond acceptors (Lipinski definition) is 4. The van der Waals surface area contributed by atoms with Crippen LogP contribution in [0.25, 0.3) is 0 Å². The highest BCUT2D eigenvalue weighted by molar-refractivity contribution is 9.11. The zero-order chi connectivity index (χ0) is 15.6. The molecule has 0 fully saturated rings. The summed E-state index contributed by atoms with van der Waals surface area (Å²) in [6.07, 6.45) is 0. The van der Waals surface area contributed by atoms with E-state index < -0.39 is 33.7 Å². The number of rotatable bonds is 4. The van der Waals surface area contributed by atoms with Crippen molar-refractivity contribution in [3.8, 4) is 0 Å². The van der Waals surface area contributed by atoms with Crippen molar-refractivity contribution < 1.29 is 18.5 Å². The van der Waals surface area contributed by atoms with Crippen molar-refractivity contribution in [2.75, 3.05) is 0 Å². The molecule has 110 valence electrons. The van der Waals surface area contributed by atoms with Gasteiger partial charge in [0.05, 0.1) is 26.9 Å². The summed E-state index contributed by atoms with van der Waals surface area (Å²) in [5.74, 6) is -3.32. The number of hydrogen-bond donors (Lipinski definition) is 1. The molecule has 0 saturated carbocycles. The molecule has 0 aliphatic carbocycles. The topological polar surface area (TPSA) is 72.2 Å². The molecule has 1 heterocycles. The highest BCUT2D eigenvalue weighted by Crippen LogP contribution is 2.24. The molecule has 2 aromatic rings. The average molecular weight is 377 g/mol. The molecule has 1 N–H and O–H groups in total. The number of carbonyl (C=O) groups excluding carboxylic acids is 1. The molecule has 1 aromatic heterocycles. The fourth-order valence-corrected chi connectivity index (χ4v) is 3.01. The van der Waals surface area contributed by atoms with Crippen molar-refractivity contribution >= 4 is 38.9 Å². The number of nitro groups is 1. The van der Waals surface area contributed by atoms with Crippen LogP contribution in [-0.2, 0) is 6.54 Å². The lowest BCUT2D eigenvalue weighted by molar-refractivity contribution is -0.387. The first-order valence-corrected chi connectivity index (χ1v) is 7.15. The Morgan fingerprint density at radius 2 is 2.10 bits per heavy atom. The Kier molecular flexibility index (Phi) is 4.63. The van der Waals surface area contributed by atoms with Crippen molar-refractivity contribution in [2.24, 2.45) is 0 Å². The zero-order valence-corrected chi connectivity index (χ0v) is 12.6. The molecule has 0 bridgehead atoms. The molecule has 1 amide bonds. The van der Waals surface area contributed by atoms with Crippen LogP contribution in [0.1, 0.15) is 15.2 Å². The Morgan fingerprint density at radius 1 is 1.38 bits per heavy atom. The van der Waals surface area contributed by atoms with Crippen molar-refractivity contribution in [3.05, 3.63) is 60.2 Å². The van der Waals surface area contributed by atoms with Crippen LogP contribution < -0.4 is 5.32 Å². The predicted molar refractivity (Wildman–Crippen MR) is 76.2 cm³/mol. The standard InChI is InChI=1S/C12H7BrF2N2O3S/c13-10-2-1-7(21-10)5-16-12(18)8-3-6(14)4-9(11(8)15)17(19)20/h1-4H,5H2,(H,16,18). The van der Waals surface area contributed by atoms with Gasteiger partial charge >= 0.3 is 5.69 Å². The maximum Gasteiger partial charge on any atom is 0.308 e. The molecule has 0 atom stereocenters. The number of nitrogens with zero attached hydrogens (tertiary/aromatic N) is 1. The van der Waals surface area contributed by atoms with Crippen molar-refractivity contribution in [1.29, 1.82) is 0 Å². The van der Waals surface area contributed by atoms with Gasteiger partial charge in [-0.1, -0.05) is 0 Å². The third-order valence-electron chi connectivity index (χ3n) is 2.51. The van der Waals surface area contributed by atoms with Crippen LogP contribution in [0.15, 0.2) is 28.1 Å². The lowest BCUT2D eigenvalue weighted by Gasteiger charge is -2.05. The third-order valence-corrected chi connectivity index (χ3v) is 4.14. The first kappa shape index (κ1) is 15.5. The van der Waals surface area contributed by atoms with Crippen molar-refractivity contribution in [1.82, 2.24) is 5.32 Å². The van der Waals surface area contributed by atoms with E-state index >= 15 is 0 Å². The summed E-state index contributed by atoms with van der Waals surface area (Å²) in [6.45, 7) is 0.110. The summed E-state index contributed by atoms with van der Waals surface area (Å²) in [7, 11) is 0. The largest absolute Gasteiger partial charge is 0.347 e. The minimum atomic E-state index is -1.36. The minimum Gasteiger partial charge on any atom is -0.347 e. The lowest BCUT2D eigenvalue weighted by atomic mass is 10.1. The number of benzene rings is 1. The van der Waals surface area contributed by atoms with E-state index in [1.807, 2.05) is 0 Å². The van der Waals surface area contributed by atoms with Gasteiger partial charge in [0.15, 0.2) is 0 Å². The SMILES string of the molecule is O=C(NCc1ccc(Br)s1)c1cc(F)cc([N+](=O)[O-])c1F. The molecule has 0 saturated heterocycles. The monoisotopic (exact) mass is 376 g/mol. The number of carbonyl (C=O) groups is 1. The zero-order valence-electron chi connectivity index (χ0n) is 10.2. The second kappa shape index (κ2) is 6.27. The van der Waals surface area contributed by atoms with Crippen molar-refractivity contribution in [2.45, 2.75) is 6.54 Å². The van der Waals surface area contributed by atoms with E-state index in [0.717, 1.165) is 8.66 Å². The van der Waals surface area contributed by atoms with Gasteiger partial charge < -0.3 is 5.32 Å². The molecular weight excluding hydrogens is 370 g/mol. The van der Waals surface area contributed by atoms with E-state index in [0.29, 0.717) is 12.1 Å². The maximum absolute atomic E-state index is 13.8. The molecule has 2 rings (SSSR count). The van der Waals surface area contributed by atoms with Gasteiger partial charge in [-0.05, 0) is 34.1 Å². The Morgan fingerprint density at radius 3 is 2.67 bits per heavy atom. The lowest BCUT2D eigenvalue weighted by Crippen LogP contribution is -2.24. The van der Waals surface area contributed by atoms with Gasteiger partial charge in [-0.3, -0.25) is 14.9 Å². The first-order chi connectivity index (χ1) is 9.88. The minimum absolute atomic E-state index is 0.110. The van der Waals surface area contributed by atoms with Gasteiger partial charge in [0.2, 0.25) is 5.82 Å². The van der Waals surface area contributed by atoms with Crippen LogP contribution in [0.5, 0.6) is 0 Å². The smallest absolute Gasteiger partial charge is 0.308 e. The van der Waals surface area contributed by atoms with E-state index in [-0.39, 0.29) is 6.54 Å². The van der Waals surface area contributed by atoms with E-state index in [1.165, 1.54) is 11.3 Å². The number of thiophene rings is 1. The molecule has 0 radical (unpaired) electrons. The number of halogens is 3. The fraction of sp³-hybridized carbons (Fsp3) is 0.0833. The summed E-state index contributed by atoms with van der Waals surface area (Å²) in [4.78, 5) is 22.1. The normalized spacial score (nSPS) is 10.4. The summed E-state index contributed by atoms with van der Waals surface area (Å²) in [5.41, 5.74) is -1.77. The predicted octanol–water partition coefficient (Wildman–Crippen LogP) is 3.63. The van der Waals surface area contributed by atoms with Crippen LogP contribution >= 0.6 is 27.3 Å². The van der Waals surface area contributed by atoms with Gasteiger partial charge in [0.1, 0.15) is 5.82 Å². The highest BCUT2D eigenvalue weighted by atomic mass is 79.9. The van der Waals surface area contributed by atoms with Gasteiger partial charge in [-0.15, -0.1) is 11.3 Å². The second-order valence-electron chi connectivity index (χ2n) is 3.93. The number of nitrogens with one attached hydrogen (secondary N) is 1.